The second kappa shape index (κ2) is 8.30. The fourth-order valence-corrected chi connectivity index (χ4v) is 3.13. The number of benzene rings is 2. The molecule has 27 heavy (non-hydrogen) atoms. The molecule has 0 radical (unpaired) electrons. The molecule has 1 N–H and O–H groups in total. The molecule has 0 aromatic heterocycles. The van der Waals surface area contributed by atoms with Gasteiger partial charge in [-0.25, -0.2) is 8.42 Å². The lowest BCUT2D eigenvalue weighted by atomic mass is 10.1. The highest BCUT2D eigenvalue weighted by Gasteiger charge is 2.20. The van der Waals surface area contributed by atoms with Crippen LogP contribution in [0.3, 0.4) is 0 Å². The number of sulfonamides is 1. The lowest BCUT2D eigenvalue weighted by Crippen LogP contribution is -2.28. The van der Waals surface area contributed by atoms with Gasteiger partial charge in [0.1, 0.15) is 11.5 Å². The molecule has 146 valence electrons. The van der Waals surface area contributed by atoms with Crippen LogP contribution in [0.5, 0.6) is 11.5 Å². The molecule has 0 bridgehead atoms. The van der Waals surface area contributed by atoms with Crippen molar-refractivity contribution >= 4 is 21.6 Å². The van der Waals surface area contributed by atoms with Crippen LogP contribution in [0.4, 0.5) is 5.69 Å². The quantitative estimate of drug-likeness (QED) is 0.783. The molecule has 2 aromatic carbocycles. The maximum Gasteiger partial charge on any atom is 0.255 e. The van der Waals surface area contributed by atoms with Crippen molar-refractivity contribution in [2.45, 2.75) is 13.0 Å². The Labute approximate surface area is 160 Å². The Balaban J connectivity index is 2.34. The first-order chi connectivity index (χ1) is 12.7. The Bertz CT molecular complexity index is 927. The molecular formula is C19H24N2O5S. The zero-order valence-corrected chi connectivity index (χ0v) is 16.8. The van der Waals surface area contributed by atoms with Crippen LogP contribution in [-0.2, 0) is 10.0 Å². The zero-order chi connectivity index (χ0) is 20.2. The van der Waals surface area contributed by atoms with E-state index in [0.29, 0.717) is 17.2 Å². The highest BCUT2D eigenvalue weighted by molar-refractivity contribution is 7.92. The maximum absolute atomic E-state index is 12.8. The van der Waals surface area contributed by atoms with Gasteiger partial charge in [-0.1, -0.05) is 18.2 Å². The number of amides is 1. The zero-order valence-electron chi connectivity index (χ0n) is 16.0. The molecule has 8 heteroatoms. The van der Waals surface area contributed by atoms with Gasteiger partial charge in [0.05, 0.1) is 37.8 Å². The van der Waals surface area contributed by atoms with E-state index in [0.717, 1.165) is 16.1 Å². The minimum atomic E-state index is -3.45. The molecule has 0 heterocycles. The van der Waals surface area contributed by atoms with Crippen LogP contribution in [0.2, 0.25) is 0 Å². The number of hydrogen-bond donors (Lipinski definition) is 1. The van der Waals surface area contributed by atoms with Gasteiger partial charge in [-0.2, -0.15) is 0 Å². The topological polar surface area (TPSA) is 84.9 Å². The molecule has 0 aliphatic rings. The number of anilines is 1. The summed E-state index contributed by atoms with van der Waals surface area (Å²) in [5.74, 6) is 0.641. The number of para-hydroxylation sites is 1. The van der Waals surface area contributed by atoms with E-state index in [1.165, 1.54) is 20.2 Å². The third kappa shape index (κ3) is 4.71. The summed E-state index contributed by atoms with van der Waals surface area (Å²) >= 11 is 0. The Morgan fingerprint density at radius 3 is 2.30 bits per heavy atom. The Morgan fingerprint density at radius 1 is 1.07 bits per heavy atom. The Kier molecular flexibility index (Phi) is 6.32. The second-order valence-corrected chi connectivity index (χ2v) is 8.07. The predicted octanol–water partition coefficient (Wildman–Crippen LogP) is 2.59. The second-order valence-electron chi connectivity index (χ2n) is 6.05. The molecule has 0 aliphatic heterocycles. The first-order valence-corrected chi connectivity index (χ1v) is 10.1. The van der Waals surface area contributed by atoms with Crippen molar-refractivity contribution in [1.29, 1.82) is 0 Å². The van der Waals surface area contributed by atoms with Crippen LogP contribution >= 0.6 is 0 Å². The van der Waals surface area contributed by atoms with Crippen molar-refractivity contribution in [3.8, 4) is 11.5 Å². The van der Waals surface area contributed by atoms with Crippen molar-refractivity contribution in [3.63, 3.8) is 0 Å². The summed E-state index contributed by atoms with van der Waals surface area (Å²) in [7, 11) is 1.00. The summed E-state index contributed by atoms with van der Waals surface area (Å²) < 4.78 is 35.3. The van der Waals surface area contributed by atoms with Crippen LogP contribution in [0.1, 0.15) is 28.9 Å². The Hall–Kier alpha value is -2.74. The fraction of sp³-hybridized carbons (Fsp3) is 0.316. The number of methoxy groups -OCH3 is 2. The number of carbonyl (C=O) groups is 1. The third-order valence-corrected chi connectivity index (χ3v) is 5.45. The number of nitrogens with one attached hydrogen (secondary N) is 1. The molecule has 0 fully saturated rings. The van der Waals surface area contributed by atoms with Gasteiger partial charge in [0.2, 0.25) is 10.0 Å². The average molecular weight is 392 g/mol. The molecule has 7 nitrogen and oxygen atoms in total. The summed E-state index contributed by atoms with van der Waals surface area (Å²) in [5.41, 5.74) is 1.44. The minimum Gasteiger partial charge on any atom is -0.496 e. The van der Waals surface area contributed by atoms with Crippen molar-refractivity contribution in [1.82, 2.24) is 5.32 Å². The lowest BCUT2D eigenvalue weighted by Gasteiger charge is -2.20. The van der Waals surface area contributed by atoms with Crippen molar-refractivity contribution in [2.75, 3.05) is 31.8 Å². The number of nitrogens with zero attached hydrogens (tertiary/aromatic N) is 1. The summed E-state index contributed by atoms with van der Waals surface area (Å²) in [6, 6.07) is 11.7. The molecule has 0 saturated heterocycles. The van der Waals surface area contributed by atoms with E-state index in [1.807, 2.05) is 31.2 Å². The highest BCUT2D eigenvalue weighted by Crippen LogP contribution is 2.28. The van der Waals surface area contributed by atoms with Gasteiger partial charge in [0, 0.05) is 12.6 Å². The first-order valence-electron chi connectivity index (χ1n) is 8.24. The largest absolute Gasteiger partial charge is 0.496 e. The van der Waals surface area contributed by atoms with E-state index in [9.17, 15) is 13.2 Å². The molecule has 2 aromatic rings. The van der Waals surface area contributed by atoms with Gasteiger partial charge in [-0.3, -0.25) is 9.10 Å². The molecule has 1 atom stereocenters. The van der Waals surface area contributed by atoms with Crippen LogP contribution in [0, 0.1) is 0 Å². The molecule has 0 saturated carbocycles. The molecule has 1 amide bonds. The van der Waals surface area contributed by atoms with E-state index in [4.69, 9.17) is 9.47 Å². The summed E-state index contributed by atoms with van der Waals surface area (Å²) in [5, 5.41) is 2.90. The summed E-state index contributed by atoms with van der Waals surface area (Å²) in [6.45, 7) is 1.84. The Morgan fingerprint density at radius 2 is 1.70 bits per heavy atom. The number of ether oxygens (including phenoxy) is 2. The van der Waals surface area contributed by atoms with Crippen LogP contribution in [0.25, 0.3) is 0 Å². The first kappa shape index (κ1) is 20.6. The molecular weight excluding hydrogens is 368 g/mol. The number of hydrogen-bond acceptors (Lipinski definition) is 5. The molecule has 0 unspecified atom stereocenters. The van der Waals surface area contributed by atoms with Gasteiger partial charge in [-0.15, -0.1) is 0 Å². The van der Waals surface area contributed by atoms with Crippen molar-refractivity contribution in [3.05, 3.63) is 53.6 Å². The highest BCUT2D eigenvalue weighted by atomic mass is 32.2. The van der Waals surface area contributed by atoms with Gasteiger partial charge in [0.25, 0.3) is 5.91 Å². The van der Waals surface area contributed by atoms with Gasteiger partial charge >= 0.3 is 0 Å². The van der Waals surface area contributed by atoms with Crippen LogP contribution in [0.15, 0.2) is 42.5 Å². The molecule has 2 rings (SSSR count). The minimum absolute atomic E-state index is 0.243. The number of carbonyl (C=O) groups excluding carboxylic acids is 1. The van der Waals surface area contributed by atoms with Gasteiger partial charge in [0.15, 0.2) is 0 Å². The van der Waals surface area contributed by atoms with Gasteiger partial charge in [-0.05, 0) is 31.2 Å². The summed E-state index contributed by atoms with van der Waals surface area (Å²) in [6.07, 6.45) is 1.10. The molecule has 0 aliphatic carbocycles. The van der Waals surface area contributed by atoms with Crippen molar-refractivity contribution < 1.29 is 22.7 Å². The fourth-order valence-electron chi connectivity index (χ4n) is 2.64. The predicted molar refractivity (Wildman–Crippen MR) is 105 cm³/mol. The van der Waals surface area contributed by atoms with E-state index in [2.05, 4.69) is 5.32 Å². The number of rotatable bonds is 7. The summed E-state index contributed by atoms with van der Waals surface area (Å²) in [4.78, 5) is 12.8. The van der Waals surface area contributed by atoms with Crippen molar-refractivity contribution in [2.24, 2.45) is 0 Å². The standard InChI is InChI=1S/C19H24N2O5S/c1-13(15-8-6-7-9-17(15)25-3)20-19(22)16-12-14(10-11-18(16)26-4)21(2)27(5,23)24/h6-13H,1-5H3,(H,20,22)/t13-/m0/s1. The maximum atomic E-state index is 12.8. The monoisotopic (exact) mass is 392 g/mol. The van der Waals surface area contributed by atoms with Crippen LogP contribution in [-0.4, -0.2) is 41.8 Å². The van der Waals surface area contributed by atoms with E-state index in [1.54, 1.807) is 19.2 Å². The van der Waals surface area contributed by atoms with E-state index >= 15 is 0 Å². The lowest BCUT2D eigenvalue weighted by molar-refractivity contribution is 0.0936. The average Bonchev–Trinajstić information content (AvgIpc) is 2.65. The van der Waals surface area contributed by atoms with E-state index < -0.39 is 10.0 Å². The normalized spacial score (nSPS) is 12.2. The SMILES string of the molecule is COc1ccc(N(C)S(C)(=O)=O)cc1C(=O)N[C@@H](C)c1ccccc1OC. The molecule has 0 spiro atoms. The smallest absolute Gasteiger partial charge is 0.255 e. The third-order valence-electron chi connectivity index (χ3n) is 4.24. The van der Waals surface area contributed by atoms with Gasteiger partial charge < -0.3 is 14.8 Å². The van der Waals surface area contributed by atoms with E-state index in [-0.39, 0.29) is 17.5 Å². The van der Waals surface area contributed by atoms with Crippen LogP contribution < -0.4 is 19.1 Å².